The van der Waals surface area contributed by atoms with Crippen LogP contribution in [-0.2, 0) is 4.79 Å². The van der Waals surface area contributed by atoms with Gasteiger partial charge in [-0.25, -0.2) is 4.79 Å². The molecule has 1 N–H and O–H groups in total. The summed E-state index contributed by atoms with van der Waals surface area (Å²) < 4.78 is 6.33. The van der Waals surface area contributed by atoms with Crippen LogP contribution in [0.25, 0.3) is 12.2 Å². The highest BCUT2D eigenvalue weighted by Gasteiger charge is 2.11. The number of hydrogen-bond donors (Lipinski definition) is 1. The summed E-state index contributed by atoms with van der Waals surface area (Å²) in [5, 5.41) is 8.79. The summed E-state index contributed by atoms with van der Waals surface area (Å²) >= 11 is 3.40. The molecule has 0 aliphatic heterocycles. The Kier molecular flexibility index (Phi) is 5.17. The second kappa shape index (κ2) is 7.09. The first-order valence-corrected chi connectivity index (χ1v) is 7.27. The van der Waals surface area contributed by atoms with Crippen LogP contribution in [0.15, 0.2) is 53.0 Å². The highest BCUT2D eigenvalue weighted by atomic mass is 79.9. The lowest BCUT2D eigenvalue weighted by Crippen LogP contribution is -2.22. The first kappa shape index (κ1) is 15.3. The summed E-state index contributed by atoms with van der Waals surface area (Å²) in [6.07, 6.45) is 3.16. The van der Waals surface area contributed by atoms with Crippen LogP contribution >= 0.6 is 15.9 Å². The molecule has 0 amide bonds. The molecule has 0 heterocycles. The van der Waals surface area contributed by atoms with E-state index < -0.39 is 12.1 Å². The predicted molar refractivity (Wildman–Crippen MR) is 87.2 cm³/mol. The Hall–Kier alpha value is -2.07. The van der Waals surface area contributed by atoms with E-state index in [1.807, 2.05) is 48.6 Å². The fraction of sp³-hybridized carbons (Fsp3) is 0.118. The second-order valence-corrected chi connectivity index (χ2v) is 5.47. The van der Waals surface area contributed by atoms with Gasteiger partial charge in [-0.15, -0.1) is 0 Å². The Morgan fingerprint density at radius 2 is 1.52 bits per heavy atom. The van der Waals surface area contributed by atoms with Crippen molar-refractivity contribution in [2.24, 2.45) is 0 Å². The molecule has 4 heteroatoms. The SMILES string of the molecule is CC(Oc1ccc(/C=C/c2ccc(Br)cc2)cc1)C(=O)O. The standard InChI is InChI=1S/C17H15BrO3/c1-12(17(19)20)21-16-10-6-14(7-11-16)3-2-13-4-8-15(18)9-5-13/h2-12H,1H3,(H,19,20)/b3-2+. The number of carboxylic acids is 1. The molecule has 0 saturated heterocycles. The van der Waals surface area contributed by atoms with Gasteiger partial charge in [-0.2, -0.15) is 0 Å². The highest BCUT2D eigenvalue weighted by Crippen LogP contribution is 2.17. The van der Waals surface area contributed by atoms with Crippen LogP contribution in [0.5, 0.6) is 5.75 Å². The van der Waals surface area contributed by atoms with Crippen LogP contribution in [0.4, 0.5) is 0 Å². The van der Waals surface area contributed by atoms with Crippen molar-refractivity contribution in [1.29, 1.82) is 0 Å². The molecule has 0 aromatic heterocycles. The molecule has 0 fully saturated rings. The van der Waals surface area contributed by atoms with E-state index in [0.29, 0.717) is 5.75 Å². The van der Waals surface area contributed by atoms with Gasteiger partial charge in [0.1, 0.15) is 5.75 Å². The number of rotatable bonds is 5. The van der Waals surface area contributed by atoms with Gasteiger partial charge in [0.15, 0.2) is 6.10 Å². The lowest BCUT2D eigenvalue weighted by molar-refractivity contribution is -0.144. The lowest BCUT2D eigenvalue weighted by atomic mass is 10.1. The van der Waals surface area contributed by atoms with E-state index in [-0.39, 0.29) is 0 Å². The van der Waals surface area contributed by atoms with Crippen molar-refractivity contribution in [2.75, 3.05) is 0 Å². The van der Waals surface area contributed by atoms with Gasteiger partial charge in [0.25, 0.3) is 0 Å². The van der Waals surface area contributed by atoms with Crippen LogP contribution in [0.1, 0.15) is 18.1 Å². The van der Waals surface area contributed by atoms with E-state index in [1.165, 1.54) is 6.92 Å². The maximum absolute atomic E-state index is 10.7. The number of carbonyl (C=O) groups is 1. The van der Waals surface area contributed by atoms with E-state index >= 15 is 0 Å². The minimum atomic E-state index is -0.978. The predicted octanol–water partition coefficient (Wildman–Crippen LogP) is 4.47. The molecule has 2 aromatic carbocycles. The maximum atomic E-state index is 10.7. The van der Waals surface area contributed by atoms with E-state index in [9.17, 15) is 4.79 Å². The lowest BCUT2D eigenvalue weighted by Gasteiger charge is -2.10. The van der Waals surface area contributed by atoms with Crippen LogP contribution in [0.2, 0.25) is 0 Å². The van der Waals surface area contributed by atoms with Crippen LogP contribution in [0.3, 0.4) is 0 Å². The molecule has 1 atom stereocenters. The molecule has 0 spiro atoms. The molecule has 2 aromatic rings. The molecular formula is C17H15BrO3. The van der Waals surface area contributed by atoms with E-state index in [1.54, 1.807) is 12.1 Å². The number of aliphatic carboxylic acids is 1. The Bertz CT molecular complexity index is 630. The average Bonchev–Trinajstić information content (AvgIpc) is 2.48. The van der Waals surface area contributed by atoms with Gasteiger partial charge >= 0.3 is 5.97 Å². The van der Waals surface area contributed by atoms with Gasteiger partial charge in [-0.3, -0.25) is 0 Å². The second-order valence-electron chi connectivity index (χ2n) is 4.55. The summed E-state index contributed by atoms with van der Waals surface area (Å²) in [4.78, 5) is 10.7. The molecule has 0 aliphatic rings. The summed E-state index contributed by atoms with van der Waals surface area (Å²) in [5.74, 6) is -0.431. The minimum Gasteiger partial charge on any atom is -0.479 e. The molecule has 2 rings (SSSR count). The summed E-state index contributed by atoms with van der Waals surface area (Å²) in [7, 11) is 0. The zero-order valence-electron chi connectivity index (χ0n) is 11.5. The number of hydrogen-bond acceptors (Lipinski definition) is 2. The zero-order valence-corrected chi connectivity index (χ0v) is 13.1. The fourth-order valence-electron chi connectivity index (χ4n) is 1.68. The molecule has 3 nitrogen and oxygen atoms in total. The van der Waals surface area contributed by atoms with Crippen molar-refractivity contribution in [3.63, 3.8) is 0 Å². The average molecular weight is 347 g/mol. The fourth-order valence-corrected chi connectivity index (χ4v) is 1.94. The van der Waals surface area contributed by atoms with Crippen molar-refractivity contribution < 1.29 is 14.6 Å². The Balaban J connectivity index is 2.02. The van der Waals surface area contributed by atoms with Crippen LogP contribution in [-0.4, -0.2) is 17.2 Å². The zero-order chi connectivity index (χ0) is 15.2. The first-order valence-electron chi connectivity index (χ1n) is 6.48. The number of carboxylic acid groups (broad SMARTS) is 1. The number of benzene rings is 2. The van der Waals surface area contributed by atoms with Gasteiger partial charge in [0, 0.05) is 4.47 Å². The minimum absolute atomic E-state index is 0.547. The summed E-state index contributed by atoms with van der Waals surface area (Å²) in [6, 6.07) is 15.3. The number of ether oxygens (including phenoxy) is 1. The third-order valence-corrected chi connectivity index (χ3v) is 3.41. The van der Waals surface area contributed by atoms with E-state index in [2.05, 4.69) is 15.9 Å². The Labute approximate surface area is 132 Å². The van der Waals surface area contributed by atoms with Gasteiger partial charge in [0.05, 0.1) is 0 Å². The molecular weight excluding hydrogens is 332 g/mol. The van der Waals surface area contributed by atoms with Crippen LogP contribution in [0, 0.1) is 0 Å². The third-order valence-electron chi connectivity index (χ3n) is 2.88. The van der Waals surface area contributed by atoms with E-state index in [4.69, 9.17) is 9.84 Å². The van der Waals surface area contributed by atoms with E-state index in [0.717, 1.165) is 15.6 Å². The van der Waals surface area contributed by atoms with Crippen molar-refractivity contribution in [2.45, 2.75) is 13.0 Å². The monoisotopic (exact) mass is 346 g/mol. The summed E-state index contributed by atoms with van der Waals surface area (Å²) in [5.41, 5.74) is 2.13. The molecule has 0 radical (unpaired) electrons. The summed E-state index contributed by atoms with van der Waals surface area (Å²) in [6.45, 7) is 1.50. The molecule has 1 unspecified atom stereocenters. The Morgan fingerprint density at radius 3 is 2.00 bits per heavy atom. The van der Waals surface area contributed by atoms with Crippen molar-refractivity contribution in [1.82, 2.24) is 0 Å². The van der Waals surface area contributed by atoms with Gasteiger partial charge in [-0.05, 0) is 42.3 Å². The molecule has 0 aliphatic carbocycles. The van der Waals surface area contributed by atoms with Crippen molar-refractivity contribution in [3.8, 4) is 5.75 Å². The van der Waals surface area contributed by atoms with Gasteiger partial charge in [0.2, 0.25) is 0 Å². The highest BCUT2D eigenvalue weighted by molar-refractivity contribution is 9.10. The maximum Gasteiger partial charge on any atom is 0.344 e. The molecule has 0 saturated carbocycles. The smallest absolute Gasteiger partial charge is 0.344 e. The Morgan fingerprint density at radius 1 is 1.05 bits per heavy atom. The topological polar surface area (TPSA) is 46.5 Å². The van der Waals surface area contributed by atoms with Gasteiger partial charge in [-0.1, -0.05) is 52.3 Å². The molecule has 21 heavy (non-hydrogen) atoms. The first-order chi connectivity index (χ1) is 10.0. The number of halogens is 1. The van der Waals surface area contributed by atoms with Gasteiger partial charge < -0.3 is 9.84 Å². The largest absolute Gasteiger partial charge is 0.479 e. The molecule has 108 valence electrons. The van der Waals surface area contributed by atoms with Crippen LogP contribution < -0.4 is 4.74 Å². The third kappa shape index (κ3) is 4.76. The van der Waals surface area contributed by atoms with Crippen molar-refractivity contribution in [3.05, 3.63) is 64.1 Å². The molecule has 0 bridgehead atoms. The normalized spacial score (nSPS) is 12.3. The quantitative estimate of drug-likeness (QED) is 0.812. The van der Waals surface area contributed by atoms with Crippen molar-refractivity contribution >= 4 is 34.1 Å².